The number of rotatable bonds is 15. The number of aliphatic carboxylic acids is 1. The van der Waals surface area contributed by atoms with E-state index >= 15 is 0 Å². The molecule has 3 amide bonds. The average molecular weight is 463 g/mol. The Kier molecular flexibility index (Phi) is 14.1. The van der Waals surface area contributed by atoms with Crippen molar-refractivity contribution in [3.05, 3.63) is 0 Å². The summed E-state index contributed by atoms with van der Waals surface area (Å²) in [4.78, 5) is 49.0. The van der Waals surface area contributed by atoms with Crippen LogP contribution in [0.25, 0.3) is 0 Å². The van der Waals surface area contributed by atoms with E-state index in [-0.39, 0.29) is 11.8 Å². The quantitative estimate of drug-likeness (QED) is 0.192. The second-order valence-electron chi connectivity index (χ2n) is 8.03. The van der Waals surface area contributed by atoms with Gasteiger partial charge in [-0.25, -0.2) is 4.79 Å². The summed E-state index contributed by atoms with van der Waals surface area (Å²) in [6.07, 6.45) is 3.13. The van der Waals surface area contributed by atoms with Gasteiger partial charge in [-0.2, -0.15) is 11.8 Å². The highest BCUT2D eigenvalue weighted by molar-refractivity contribution is 7.98. The van der Waals surface area contributed by atoms with Crippen molar-refractivity contribution in [1.29, 1.82) is 0 Å². The topological polar surface area (TPSA) is 171 Å². The van der Waals surface area contributed by atoms with Crippen LogP contribution >= 0.6 is 11.8 Å². The number of hydrogen-bond acceptors (Lipinski definition) is 7. The molecule has 10 nitrogen and oxygen atoms in total. The van der Waals surface area contributed by atoms with E-state index in [0.717, 1.165) is 0 Å². The van der Waals surface area contributed by atoms with Gasteiger partial charge in [0.25, 0.3) is 0 Å². The van der Waals surface area contributed by atoms with Crippen molar-refractivity contribution in [1.82, 2.24) is 16.0 Å². The number of aliphatic hydroxyl groups is 1. The Labute approximate surface area is 188 Å². The monoisotopic (exact) mass is 462 g/mol. The molecule has 0 aliphatic carbocycles. The first-order valence-corrected chi connectivity index (χ1v) is 11.9. The number of aliphatic hydroxyl groups excluding tert-OH is 1. The number of carbonyl (C=O) groups is 4. The van der Waals surface area contributed by atoms with Gasteiger partial charge in [0.05, 0.1) is 12.6 Å². The Morgan fingerprint density at radius 3 is 1.97 bits per heavy atom. The maximum atomic E-state index is 12.7. The second-order valence-corrected chi connectivity index (χ2v) is 9.02. The van der Waals surface area contributed by atoms with Gasteiger partial charge in [-0.3, -0.25) is 14.4 Å². The lowest BCUT2D eigenvalue weighted by molar-refractivity contribution is -0.144. The zero-order valence-corrected chi connectivity index (χ0v) is 19.8. The molecule has 31 heavy (non-hydrogen) atoms. The van der Waals surface area contributed by atoms with Gasteiger partial charge < -0.3 is 31.9 Å². The van der Waals surface area contributed by atoms with E-state index in [1.165, 1.54) is 11.8 Å². The van der Waals surface area contributed by atoms with Crippen molar-refractivity contribution in [2.45, 2.75) is 71.1 Å². The smallest absolute Gasteiger partial charge is 0.326 e. The van der Waals surface area contributed by atoms with Crippen LogP contribution in [0.4, 0.5) is 0 Å². The van der Waals surface area contributed by atoms with Crippen LogP contribution in [0.1, 0.15) is 47.0 Å². The van der Waals surface area contributed by atoms with E-state index < -0.39 is 54.5 Å². The Bertz CT molecular complexity index is 604. The molecule has 0 heterocycles. The minimum absolute atomic E-state index is 0.203. The first-order chi connectivity index (χ1) is 14.5. The molecule has 0 fully saturated rings. The number of carbonyl (C=O) groups excluding carboxylic acids is 3. The molecule has 0 radical (unpaired) electrons. The summed E-state index contributed by atoms with van der Waals surface area (Å²) in [5.41, 5.74) is 5.89. The fraction of sp³-hybridized carbons (Fsp3) is 0.800. The lowest BCUT2D eigenvalue weighted by Crippen LogP contribution is -2.58. The summed E-state index contributed by atoms with van der Waals surface area (Å²) in [5.74, 6) is -2.69. The van der Waals surface area contributed by atoms with Gasteiger partial charge in [-0.15, -0.1) is 0 Å². The van der Waals surface area contributed by atoms with Gasteiger partial charge in [0.1, 0.15) is 18.1 Å². The third-order valence-corrected chi connectivity index (χ3v) is 5.54. The third-order valence-electron chi connectivity index (χ3n) is 4.90. The fourth-order valence-electron chi connectivity index (χ4n) is 2.80. The van der Waals surface area contributed by atoms with E-state index in [4.69, 9.17) is 5.73 Å². The highest BCUT2D eigenvalue weighted by Gasteiger charge is 2.31. The summed E-state index contributed by atoms with van der Waals surface area (Å²) < 4.78 is 0. The van der Waals surface area contributed by atoms with E-state index in [1.54, 1.807) is 13.8 Å². The predicted molar refractivity (Wildman–Crippen MR) is 120 cm³/mol. The molecule has 0 bridgehead atoms. The zero-order valence-electron chi connectivity index (χ0n) is 19.0. The molecule has 0 aromatic heterocycles. The molecule has 0 aromatic rings. The van der Waals surface area contributed by atoms with Crippen LogP contribution in [0.5, 0.6) is 0 Å². The van der Waals surface area contributed by atoms with Gasteiger partial charge >= 0.3 is 5.97 Å². The third kappa shape index (κ3) is 10.8. The molecule has 0 aliphatic heterocycles. The largest absolute Gasteiger partial charge is 0.480 e. The average Bonchev–Trinajstić information content (AvgIpc) is 2.71. The predicted octanol–water partition coefficient (Wildman–Crippen LogP) is -0.310. The molecular formula is C20H38N4O6S. The van der Waals surface area contributed by atoms with Crippen molar-refractivity contribution in [2.75, 3.05) is 18.6 Å². The number of amides is 3. The molecule has 0 rings (SSSR count). The molecule has 180 valence electrons. The Balaban J connectivity index is 5.23. The molecule has 5 atom stereocenters. The van der Waals surface area contributed by atoms with Gasteiger partial charge in [0, 0.05) is 0 Å². The fourth-order valence-corrected chi connectivity index (χ4v) is 3.27. The van der Waals surface area contributed by atoms with E-state index in [9.17, 15) is 29.4 Å². The van der Waals surface area contributed by atoms with Crippen molar-refractivity contribution >= 4 is 35.5 Å². The van der Waals surface area contributed by atoms with E-state index in [2.05, 4.69) is 16.0 Å². The van der Waals surface area contributed by atoms with Crippen LogP contribution in [0.15, 0.2) is 0 Å². The number of nitrogens with two attached hydrogens (primary N) is 1. The highest BCUT2D eigenvalue weighted by Crippen LogP contribution is 2.09. The first kappa shape index (κ1) is 29.1. The normalized spacial score (nSPS) is 16.0. The molecular weight excluding hydrogens is 424 g/mol. The molecule has 0 aliphatic rings. The maximum Gasteiger partial charge on any atom is 0.326 e. The van der Waals surface area contributed by atoms with Crippen molar-refractivity contribution in [3.63, 3.8) is 0 Å². The Morgan fingerprint density at radius 1 is 0.968 bits per heavy atom. The number of carboxylic acid groups (broad SMARTS) is 1. The molecule has 0 spiro atoms. The number of nitrogens with one attached hydrogen (secondary N) is 3. The molecule has 11 heteroatoms. The summed E-state index contributed by atoms with van der Waals surface area (Å²) in [7, 11) is 0. The molecule has 5 unspecified atom stereocenters. The minimum atomic E-state index is -1.35. The number of carboxylic acids is 1. The summed E-state index contributed by atoms with van der Waals surface area (Å²) in [5, 5.41) is 26.3. The standard InChI is InChI=1S/C20H38N4O6S/c1-6-12(4)16(20(29)30)24-19(28)15(10-25)23-18(27)14(7-8-31-5)22-17(26)13(21)9-11(2)3/h11-16,25H,6-10,21H2,1-5H3,(H,22,26)(H,23,27)(H,24,28)(H,29,30). The molecule has 0 saturated carbocycles. The van der Waals surface area contributed by atoms with Crippen LogP contribution in [-0.4, -0.2) is 76.7 Å². The number of hydrogen-bond donors (Lipinski definition) is 6. The van der Waals surface area contributed by atoms with Gasteiger partial charge in [-0.05, 0) is 36.7 Å². The van der Waals surface area contributed by atoms with Crippen LogP contribution in [0.3, 0.4) is 0 Å². The van der Waals surface area contributed by atoms with Crippen molar-refractivity contribution in [3.8, 4) is 0 Å². The molecule has 0 saturated heterocycles. The second kappa shape index (κ2) is 15.0. The van der Waals surface area contributed by atoms with Gasteiger partial charge in [0.2, 0.25) is 17.7 Å². The van der Waals surface area contributed by atoms with Crippen LogP contribution in [0.2, 0.25) is 0 Å². The lowest BCUT2D eigenvalue weighted by Gasteiger charge is -2.25. The van der Waals surface area contributed by atoms with Crippen molar-refractivity contribution < 1.29 is 29.4 Å². The van der Waals surface area contributed by atoms with E-state index in [1.807, 2.05) is 20.1 Å². The number of thioether (sulfide) groups is 1. The molecule has 0 aromatic carbocycles. The lowest BCUT2D eigenvalue weighted by atomic mass is 9.99. The van der Waals surface area contributed by atoms with Crippen LogP contribution in [-0.2, 0) is 19.2 Å². The summed E-state index contributed by atoms with van der Waals surface area (Å²) in [6.45, 7) is 6.61. The first-order valence-electron chi connectivity index (χ1n) is 10.5. The summed E-state index contributed by atoms with van der Waals surface area (Å²) in [6, 6.07) is -4.21. The van der Waals surface area contributed by atoms with E-state index in [0.29, 0.717) is 25.0 Å². The van der Waals surface area contributed by atoms with Crippen LogP contribution < -0.4 is 21.7 Å². The maximum absolute atomic E-state index is 12.7. The highest BCUT2D eigenvalue weighted by atomic mass is 32.2. The van der Waals surface area contributed by atoms with Gasteiger partial charge in [0.15, 0.2) is 0 Å². The zero-order chi connectivity index (χ0) is 24.1. The molecule has 7 N–H and O–H groups in total. The van der Waals surface area contributed by atoms with Gasteiger partial charge in [-0.1, -0.05) is 34.1 Å². The van der Waals surface area contributed by atoms with Crippen LogP contribution in [0, 0.1) is 11.8 Å². The minimum Gasteiger partial charge on any atom is -0.480 e. The Morgan fingerprint density at radius 2 is 1.52 bits per heavy atom. The summed E-state index contributed by atoms with van der Waals surface area (Å²) >= 11 is 1.49. The Hall–Kier alpha value is -1.85. The van der Waals surface area contributed by atoms with Crippen molar-refractivity contribution in [2.24, 2.45) is 17.6 Å². The SMILES string of the molecule is CCC(C)C(NC(=O)C(CO)NC(=O)C(CCSC)NC(=O)C(N)CC(C)C)C(=O)O.